The van der Waals surface area contributed by atoms with E-state index in [0.717, 1.165) is 0 Å². The Balaban J connectivity index is 2.56. The molecule has 21 heavy (non-hydrogen) atoms. The van der Waals surface area contributed by atoms with E-state index in [4.69, 9.17) is 28.9 Å². The van der Waals surface area contributed by atoms with Crippen molar-refractivity contribution in [1.82, 2.24) is 0 Å². The Bertz CT molecular complexity index is 506. The number of rotatable bonds is 6. The standard InChI is InChI=1S/C11H10Cl2F4N2O2/c12-6-1-5(18)2-7(13)9(6)19-8(20)3-21-4-11(16,17)10(14)15/h1-2,10H,3-4,18H2,(H,19,20). The van der Waals surface area contributed by atoms with Crippen LogP contribution in [0.1, 0.15) is 0 Å². The Hall–Kier alpha value is -1.25. The molecular formula is C11H10Cl2F4N2O2. The lowest BCUT2D eigenvalue weighted by molar-refractivity contribution is -0.167. The lowest BCUT2D eigenvalue weighted by Crippen LogP contribution is -2.34. The highest BCUT2D eigenvalue weighted by atomic mass is 35.5. The number of amides is 1. The summed E-state index contributed by atoms with van der Waals surface area (Å²) in [5.41, 5.74) is 5.73. The van der Waals surface area contributed by atoms with Crippen molar-refractivity contribution < 1.29 is 27.1 Å². The molecule has 0 aliphatic rings. The van der Waals surface area contributed by atoms with Gasteiger partial charge in [-0.15, -0.1) is 0 Å². The lowest BCUT2D eigenvalue weighted by Gasteiger charge is -2.15. The van der Waals surface area contributed by atoms with Gasteiger partial charge in [0.15, 0.2) is 0 Å². The van der Waals surface area contributed by atoms with Crippen molar-refractivity contribution in [2.75, 3.05) is 24.3 Å². The Morgan fingerprint density at radius 3 is 2.33 bits per heavy atom. The molecule has 0 aromatic heterocycles. The fourth-order valence-corrected chi connectivity index (χ4v) is 1.83. The molecule has 0 saturated heterocycles. The summed E-state index contributed by atoms with van der Waals surface area (Å²) in [6, 6.07) is 2.63. The van der Waals surface area contributed by atoms with Crippen molar-refractivity contribution in [3.63, 3.8) is 0 Å². The first-order valence-corrected chi connectivity index (χ1v) is 6.17. The third-order valence-electron chi connectivity index (χ3n) is 2.18. The van der Waals surface area contributed by atoms with Crippen molar-refractivity contribution in [1.29, 1.82) is 0 Å². The van der Waals surface area contributed by atoms with Crippen molar-refractivity contribution in [2.24, 2.45) is 0 Å². The quantitative estimate of drug-likeness (QED) is 0.611. The average molecular weight is 349 g/mol. The molecule has 1 amide bonds. The Morgan fingerprint density at radius 2 is 1.86 bits per heavy atom. The number of nitrogen functional groups attached to an aromatic ring is 1. The fraction of sp³-hybridized carbons (Fsp3) is 0.364. The number of hydrogen-bond acceptors (Lipinski definition) is 3. The molecule has 1 aromatic rings. The third-order valence-corrected chi connectivity index (χ3v) is 2.77. The maximum Gasteiger partial charge on any atom is 0.330 e. The van der Waals surface area contributed by atoms with Gasteiger partial charge in [0.05, 0.1) is 15.7 Å². The summed E-state index contributed by atoms with van der Waals surface area (Å²) in [6.45, 7) is -2.44. The van der Waals surface area contributed by atoms with E-state index >= 15 is 0 Å². The number of alkyl halides is 4. The van der Waals surface area contributed by atoms with E-state index in [0.29, 0.717) is 0 Å². The molecule has 0 unspecified atom stereocenters. The highest BCUT2D eigenvalue weighted by Crippen LogP contribution is 2.32. The summed E-state index contributed by atoms with van der Waals surface area (Å²) in [5.74, 6) is -5.20. The molecule has 0 bridgehead atoms. The van der Waals surface area contributed by atoms with Gasteiger partial charge in [0.1, 0.15) is 13.2 Å². The second-order valence-electron chi connectivity index (χ2n) is 3.96. The Morgan fingerprint density at radius 1 is 1.33 bits per heavy atom. The van der Waals surface area contributed by atoms with Crippen molar-refractivity contribution >= 4 is 40.5 Å². The van der Waals surface area contributed by atoms with Crippen LogP contribution in [0.4, 0.5) is 28.9 Å². The van der Waals surface area contributed by atoms with Gasteiger partial charge in [-0.25, -0.2) is 8.78 Å². The molecule has 118 valence electrons. The number of ether oxygens (including phenoxy) is 1. The zero-order valence-corrected chi connectivity index (χ0v) is 11.8. The molecule has 0 aliphatic carbocycles. The van der Waals surface area contributed by atoms with E-state index in [2.05, 4.69) is 10.1 Å². The summed E-state index contributed by atoms with van der Waals surface area (Å²) in [5, 5.41) is 2.27. The smallest absolute Gasteiger partial charge is 0.330 e. The van der Waals surface area contributed by atoms with Gasteiger partial charge in [-0.3, -0.25) is 4.79 Å². The summed E-state index contributed by atoms with van der Waals surface area (Å²) in [4.78, 5) is 11.4. The molecule has 0 saturated carbocycles. The number of anilines is 2. The average Bonchev–Trinajstić information content (AvgIpc) is 2.33. The molecule has 0 radical (unpaired) electrons. The van der Waals surface area contributed by atoms with Gasteiger partial charge in [0.2, 0.25) is 5.91 Å². The number of hydrogen-bond donors (Lipinski definition) is 2. The largest absolute Gasteiger partial charge is 0.399 e. The number of benzene rings is 1. The van der Waals surface area contributed by atoms with Crippen LogP contribution in [0.2, 0.25) is 10.0 Å². The van der Waals surface area contributed by atoms with E-state index in [9.17, 15) is 22.4 Å². The maximum atomic E-state index is 12.5. The number of nitrogens with two attached hydrogens (primary N) is 1. The number of carbonyl (C=O) groups excluding carboxylic acids is 1. The summed E-state index contributed by atoms with van der Waals surface area (Å²) < 4.78 is 53.0. The van der Waals surface area contributed by atoms with E-state index < -0.39 is 31.5 Å². The lowest BCUT2D eigenvalue weighted by atomic mass is 10.3. The van der Waals surface area contributed by atoms with Crippen LogP contribution in [0.15, 0.2) is 12.1 Å². The maximum absolute atomic E-state index is 12.5. The highest BCUT2D eigenvalue weighted by molar-refractivity contribution is 6.40. The fourth-order valence-electron chi connectivity index (χ4n) is 1.23. The van der Waals surface area contributed by atoms with Gasteiger partial charge in [0.25, 0.3) is 0 Å². The number of carbonyl (C=O) groups is 1. The van der Waals surface area contributed by atoms with E-state index in [1.54, 1.807) is 0 Å². The van der Waals surface area contributed by atoms with Gasteiger partial charge in [-0.05, 0) is 12.1 Å². The Kier molecular flexibility index (Phi) is 6.06. The minimum atomic E-state index is -4.32. The number of nitrogens with one attached hydrogen (secondary N) is 1. The summed E-state index contributed by atoms with van der Waals surface area (Å²) in [6.07, 6.45) is -3.87. The third kappa shape index (κ3) is 5.22. The van der Waals surface area contributed by atoms with Crippen LogP contribution in [-0.4, -0.2) is 31.5 Å². The Labute approximate surface area is 127 Å². The van der Waals surface area contributed by atoms with Crippen LogP contribution in [0, 0.1) is 0 Å². The summed E-state index contributed by atoms with van der Waals surface area (Å²) >= 11 is 11.6. The molecular weight excluding hydrogens is 339 g/mol. The SMILES string of the molecule is Nc1cc(Cl)c(NC(=O)COCC(F)(F)C(F)F)c(Cl)c1. The van der Waals surface area contributed by atoms with Crippen LogP contribution in [0.5, 0.6) is 0 Å². The molecule has 0 heterocycles. The minimum absolute atomic E-state index is 0.0155. The summed E-state index contributed by atoms with van der Waals surface area (Å²) in [7, 11) is 0. The normalized spacial score (nSPS) is 11.8. The van der Waals surface area contributed by atoms with E-state index in [1.807, 2.05) is 0 Å². The monoisotopic (exact) mass is 348 g/mol. The predicted octanol–water partition coefficient (Wildman–Crippen LogP) is 3.43. The van der Waals surface area contributed by atoms with E-state index in [-0.39, 0.29) is 21.4 Å². The molecule has 10 heteroatoms. The minimum Gasteiger partial charge on any atom is -0.399 e. The molecule has 4 nitrogen and oxygen atoms in total. The second-order valence-corrected chi connectivity index (χ2v) is 4.78. The highest BCUT2D eigenvalue weighted by Gasteiger charge is 2.41. The van der Waals surface area contributed by atoms with Crippen LogP contribution < -0.4 is 11.1 Å². The van der Waals surface area contributed by atoms with Crippen molar-refractivity contribution in [3.05, 3.63) is 22.2 Å². The first-order valence-electron chi connectivity index (χ1n) is 5.41. The zero-order chi connectivity index (χ0) is 16.2. The number of halogens is 6. The second kappa shape index (κ2) is 7.15. The molecule has 0 atom stereocenters. The topological polar surface area (TPSA) is 64.3 Å². The van der Waals surface area contributed by atoms with Crippen LogP contribution in [-0.2, 0) is 9.53 Å². The molecule has 3 N–H and O–H groups in total. The van der Waals surface area contributed by atoms with Crippen LogP contribution in [0.25, 0.3) is 0 Å². The first kappa shape index (κ1) is 17.8. The van der Waals surface area contributed by atoms with Crippen LogP contribution in [0.3, 0.4) is 0 Å². The van der Waals surface area contributed by atoms with Gasteiger partial charge in [-0.2, -0.15) is 8.78 Å². The van der Waals surface area contributed by atoms with Crippen molar-refractivity contribution in [2.45, 2.75) is 12.3 Å². The van der Waals surface area contributed by atoms with Crippen molar-refractivity contribution in [3.8, 4) is 0 Å². The predicted molar refractivity (Wildman–Crippen MR) is 71.3 cm³/mol. The molecule has 1 rings (SSSR count). The van der Waals surface area contributed by atoms with E-state index in [1.165, 1.54) is 12.1 Å². The molecule has 0 spiro atoms. The van der Waals surface area contributed by atoms with Gasteiger partial charge < -0.3 is 15.8 Å². The molecule has 0 fully saturated rings. The molecule has 0 aliphatic heterocycles. The first-order chi connectivity index (χ1) is 9.63. The zero-order valence-electron chi connectivity index (χ0n) is 10.3. The molecule has 1 aromatic carbocycles. The van der Waals surface area contributed by atoms with Gasteiger partial charge in [0, 0.05) is 5.69 Å². The van der Waals surface area contributed by atoms with Gasteiger partial charge in [-0.1, -0.05) is 23.2 Å². The van der Waals surface area contributed by atoms with Crippen LogP contribution >= 0.6 is 23.2 Å². The van der Waals surface area contributed by atoms with Gasteiger partial charge >= 0.3 is 12.3 Å².